The van der Waals surface area contributed by atoms with Crippen LogP contribution in [0.1, 0.15) is 12.8 Å². The summed E-state index contributed by atoms with van der Waals surface area (Å²) in [6.07, 6.45) is 3.40. The van der Waals surface area contributed by atoms with Crippen molar-refractivity contribution in [3.05, 3.63) is 0 Å². The molecule has 0 atom stereocenters. The molecule has 0 radical (unpaired) electrons. The molecule has 1 saturated heterocycles. The van der Waals surface area contributed by atoms with Crippen molar-refractivity contribution in [3.8, 4) is 0 Å². The monoisotopic (exact) mass is 177 g/mol. The maximum Gasteiger partial charge on any atom is 0.0902 e. The second-order valence-corrected chi connectivity index (χ2v) is 3.88. The SMILES string of the molecule is CSN1CCC(O)(CO)CC1. The molecule has 0 amide bonds. The fraction of sp³-hybridized carbons (Fsp3) is 1.00. The maximum atomic E-state index is 9.61. The van der Waals surface area contributed by atoms with Crippen molar-refractivity contribution in [1.29, 1.82) is 0 Å². The van der Waals surface area contributed by atoms with Gasteiger partial charge in [0.05, 0.1) is 12.2 Å². The smallest absolute Gasteiger partial charge is 0.0902 e. The number of piperidine rings is 1. The molecule has 0 unspecified atom stereocenters. The van der Waals surface area contributed by atoms with Crippen molar-refractivity contribution in [2.75, 3.05) is 26.0 Å². The second-order valence-electron chi connectivity index (χ2n) is 2.99. The van der Waals surface area contributed by atoms with Gasteiger partial charge in [-0.25, -0.2) is 0 Å². The second kappa shape index (κ2) is 3.76. The van der Waals surface area contributed by atoms with Gasteiger partial charge in [-0.3, -0.25) is 4.31 Å². The summed E-state index contributed by atoms with van der Waals surface area (Å²) in [5, 5.41) is 18.4. The minimum atomic E-state index is -0.799. The van der Waals surface area contributed by atoms with Crippen molar-refractivity contribution in [2.45, 2.75) is 18.4 Å². The molecule has 0 aliphatic carbocycles. The Morgan fingerprint density at radius 1 is 1.45 bits per heavy atom. The predicted molar refractivity (Wildman–Crippen MR) is 46.4 cm³/mol. The molecule has 0 aromatic carbocycles. The Labute approximate surface area is 71.5 Å². The van der Waals surface area contributed by atoms with Gasteiger partial charge in [0, 0.05) is 13.1 Å². The molecule has 1 aliphatic rings. The number of hydrogen-bond donors (Lipinski definition) is 2. The molecule has 4 heteroatoms. The number of aliphatic hydroxyl groups excluding tert-OH is 1. The molecule has 0 aromatic heterocycles. The summed E-state index contributed by atoms with van der Waals surface area (Å²) in [6, 6.07) is 0. The highest BCUT2D eigenvalue weighted by molar-refractivity contribution is 7.96. The number of aliphatic hydroxyl groups is 2. The van der Waals surface area contributed by atoms with Crippen molar-refractivity contribution in [1.82, 2.24) is 4.31 Å². The van der Waals surface area contributed by atoms with Crippen molar-refractivity contribution in [2.24, 2.45) is 0 Å². The fourth-order valence-corrected chi connectivity index (χ4v) is 1.79. The molecule has 1 aliphatic heterocycles. The van der Waals surface area contributed by atoms with Gasteiger partial charge in [-0.2, -0.15) is 0 Å². The van der Waals surface area contributed by atoms with E-state index in [2.05, 4.69) is 4.31 Å². The highest BCUT2D eigenvalue weighted by Gasteiger charge is 2.30. The highest BCUT2D eigenvalue weighted by atomic mass is 32.2. The number of rotatable bonds is 2. The van der Waals surface area contributed by atoms with Gasteiger partial charge in [0.1, 0.15) is 0 Å². The van der Waals surface area contributed by atoms with Gasteiger partial charge in [-0.1, -0.05) is 11.9 Å². The van der Waals surface area contributed by atoms with Crippen LogP contribution in [0, 0.1) is 0 Å². The van der Waals surface area contributed by atoms with Crippen LogP contribution >= 0.6 is 11.9 Å². The van der Waals surface area contributed by atoms with Crippen molar-refractivity contribution in [3.63, 3.8) is 0 Å². The Morgan fingerprint density at radius 2 is 2.00 bits per heavy atom. The van der Waals surface area contributed by atoms with Gasteiger partial charge >= 0.3 is 0 Å². The summed E-state index contributed by atoms with van der Waals surface area (Å²) in [4.78, 5) is 0. The van der Waals surface area contributed by atoms with Crippen LogP contribution in [0.15, 0.2) is 0 Å². The van der Waals surface area contributed by atoms with Gasteiger partial charge in [0.2, 0.25) is 0 Å². The normalized spacial score (nSPS) is 25.4. The summed E-state index contributed by atoms with van der Waals surface area (Å²) in [7, 11) is 0. The quantitative estimate of drug-likeness (QED) is 0.586. The van der Waals surface area contributed by atoms with E-state index in [1.807, 2.05) is 6.26 Å². The predicted octanol–water partition coefficient (Wildman–Crippen LogP) is 0.0836. The van der Waals surface area contributed by atoms with Crippen molar-refractivity contribution >= 4 is 11.9 Å². The Balaban J connectivity index is 2.35. The first-order chi connectivity index (χ1) is 5.20. The van der Waals surface area contributed by atoms with Crippen LogP contribution in [0.2, 0.25) is 0 Å². The van der Waals surface area contributed by atoms with E-state index in [9.17, 15) is 5.11 Å². The van der Waals surface area contributed by atoms with Crippen LogP contribution in [0.4, 0.5) is 0 Å². The van der Waals surface area contributed by atoms with Gasteiger partial charge < -0.3 is 10.2 Å². The molecule has 0 saturated carbocycles. The third-order valence-electron chi connectivity index (χ3n) is 2.21. The highest BCUT2D eigenvalue weighted by Crippen LogP contribution is 2.24. The van der Waals surface area contributed by atoms with Gasteiger partial charge in [0.15, 0.2) is 0 Å². The van der Waals surface area contributed by atoms with Gasteiger partial charge in [0.25, 0.3) is 0 Å². The van der Waals surface area contributed by atoms with Crippen LogP contribution in [-0.2, 0) is 0 Å². The maximum absolute atomic E-state index is 9.61. The van der Waals surface area contributed by atoms with E-state index in [0.717, 1.165) is 13.1 Å². The van der Waals surface area contributed by atoms with Crippen LogP contribution in [0.5, 0.6) is 0 Å². The van der Waals surface area contributed by atoms with E-state index >= 15 is 0 Å². The Hall–Kier alpha value is 0.230. The number of nitrogens with zero attached hydrogens (tertiary/aromatic N) is 1. The minimum Gasteiger partial charge on any atom is -0.393 e. The lowest BCUT2D eigenvalue weighted by molar-refractivity contribution is -0.0468. The zero-order valence-corrected chi connectivity index (χ0v) is 7.60. The first-order valence-corrected chi connectivity index (χ1v) is 5.01. The molecule has 1 heterocycles. The lowest BCUT2D eigenvalue weighted by atomic mass is 9.94. The summed E-state index contributed by atoms with van der Waals surface area (Å²) in [5.74, 6) is 0. The van der Waals surface area contributed by atoms with E-state index in [-0.39, 0.29) is 6.61 Å². The summed E-state index contributed by atoms with van der Waals surface area (Å²) >= 11 is 1.70. The van der Waals surface area contributed by atoms with Gasteiger partial charge in [-0.05, 0) is 19.1 Å². The van der Waals surface area contributed by atoms with Crippen LogP contribution in [-0.4, -0.2) is 46.1 Å². The summed E-state index contributed by atoms with van der Waals surface area (Å²) < 4.78 is 2.20. The standard InChI is InChI=1S/C7H15NO2S/c1-11-8-4-2-7(10,6-9)3-5-8/h9-10H,2-6H2,1H3. The summed E-state index contributed by atoms with van der Waals surface area (Å²) in [6.45, 7) is 1.64. The largest absolute Gasteiger partial charge is 0.393 e. The van der Waals surface area contributed by atoms with Crippen LogP contribution in [0.3, 0.4) is 0 Å². The van der Waals surface area contributed by atoms with E-state index in [1.54, 1.807) is 11.9 Å². The molecule has 0 bridgehead atoms. The zero-order valence-electron chi connectivity index (χ0n) is 6.79. The number of hydrogen-bond acceptors (Lipinski definition) is 4. The van der Waals surface area contributed by atoms with E-state index in [4.69, 9.17) is 5.11 Å². The van der Waals surface area contributed by atoms with Gasteiger partial charge in [-0.15, -0.1) is 0 Å². The zero-order chi connectivity index (χ0) is 8.32. The lowest BCUT2D eigenvalue weighted by Gasteiger charge is -2.35. The molecule has 1 fully saturated rings. The topological polar surface area (TPSA) is 43.7 Å². The van der Waals surface area contributed by atoms with E-state index in [0.29, 0.717) is 12.8 Å². The first kappa shape index (κ1) is 9.32. The third-order valence-corrected chi connectivity index (χ3v) is 3.09. The first-order valence-electron chi connectivity index (χ1n) is 3.82. The molecule has 0 spiro atoms. The molecule has 11 heavy (non-hydrogen) atoms. The molecule has 2 N–H and O–H groups in total. The molecule has 3 nitrogen and oxygen atoms in total. The Morgan fingerprint density at radius 3 is 2.36 bits per heavy atom. The fourth-order valence-electron chi connectivity index (χ4n) is 1.24. The third kappa shape index (κ3) is 2.33. The average Bonchev–Trinajstić information content (AvgIpc) is 2.06. The van der Waals surface area contributed by atoms with E-state index in [1.165, 1.54) is 0 Å². The lowest BCUT2D eigenvalue weighted by Crippen LogP contribution is -2.44. The van der Waals surface area contributed by atoms with Crippen LogP contribution < -0.4 is 0 Å². The molecule has 0 aromatic rings. The minimum absolute atomic E-state index is 0.102. The summed E-state index contributed by atoms with van der Waals surface area (Å²) in [5.41, 5.74) is -0.799. The molecular weight excluding hydrogens is 162 g/mol. The molecule has 66 valence electrons. The molecule has 1 rings (SSSR count). The Bertz CT molecular complexity index is 124. The molecular formula is C7H15NO2S. The van der Waals surface area contributed by atoms with Crippen LogP contribution in [0.25, 0.3) is 0 Å². The van der Waals surface area contributed by atoms with E-state index < -0.39 is 5.60 Å². The Kier molecular flexibility index (Phi) is 3.18. The van der Waals surface area contributed by atoms with Crippen molar-refractivity contribution < 1.29 is 10.2 Å². The average molecular weight is 177 g/mol.